The number of anilines is 1. The molecule has 0 aliphatic heterocycles. The monoisotopic (exact) mass is 395 g/mol. The molecule has 0 fully saturated rings. The van der Waals surface area contributed by atoms with Crippen molar-refractivity contribution in [2.24, 2.45) is 0 Å². The van der Waals surface area contributed by atoms with Gasteiger partial charge in [-0.15, -0.1) is 5.10 Å². The summed E-state index contributed by atoms with van der Waals surface area (Å²) in [7, 11) is 0. The molecule has 0 aliphatic carbocycles. The topological polar surface area (TPSA) is 92.9 Å². The maximum Gasteiger partial charge on any atom is 0.416 e. The Morgan fingerprint density at radius 2 is 1.78 bits per heavy atom. The second-order valence-electron chi connectivity index (χ2n) is 5.30. The summed E-state index contributed by atoms with van der Waals surface area (Å²) in [6.07, 6.45) is -4.43. The number of alkyl halides is 3. The number of hydrogen-bond donors (Lipinski definition) is 2. The minimum Gasteiger partial charge on any atom is -0.508 e. The molecule has 2 aromatic carbocycles. The highest BCUT2D eigenvalue weighted by Crippen LogP contribution is 2.30. The summed E-state index contributed by atoms with van der Waals surface area (Å²) in [5, 5.41) is 23.4. The number of tetrazole rings is 1. The van der Waals surface area contributed by atoms with Crippen LogP contribution in [0.4, 0.5) is 18.9 Å². The van der Waals surface area contributed by atoms with Crippen LogP contribution in [0, 0.1) is 0 Å². The maximum atomic E-state index is 12.5. The van der Waals surface area contributed by atoms with Gasteiger partial charge >= 0.3 is 6.18 Å². The van der Waals surface area contributed by atoms with Gasteiger partial charge in [0.25, 0.3) is 0 Å². The van der Waals surface area contributed by atoms with Crippen LogP contribution in [0.25, 0.3) is 5.69 Å². The number of carbonyl (C=O) groups excluding carboxylic acids is 1. The quantitative estimate of drug-likeness (QED) is 0.645. The van der Waals surface area contributed by atoms with Crippen LogP contribution in [-0.4, -0.2) is 37.0 Å². The van der Waals surface area contributed by atoms with E-state index >= 15 is 0 Å². The zero-order valence-corrected chi connectivity index (χ0v) is 14.3. The number of aromatic hydroxyl groups is 1. The number of carbonyl (C=O) groups is 1. The molecule has 0 bridgehead atoms. The van der Waals surface area contributed by atoms with E-state index in [0.29, 0.717) is 10.8 Å². The fraction of sp³-hybridized carbons (Fsp3) is 0.125. The molecule has 3 rings (SSSR count). The number of phenolic OH excluding ortho intramolecular Hbond substituents is 1. The lowest BCUT2D eigenvalue weighted by atomic mass is 10.2. The lowest BCUT2D eigenvalue weighted by Crippen LogP contribution is -2.15. The Morgan fingerprint density at radius 1 is 1.11 bits per heavy atom. The fourth-order valence-electron chi connectivity index (χ4n) is 2.09. The number of nitrogens with one attached hydrogen (secondary N) is 1. The first-order valence-corrected chi connectivity index (χ1v) is 8.49. The number of thioether (sulfide) groups is 1. The first-order valence-electron chi connectivity index (χ1n) is 7.50. The SMILES string of the molecule is O=C(CSc1nnnn1-c1ccc(O)cc1)Nc1ccc(C(F)(F)F)cc1. The summed E-state index contributed by atoms with van der Waals surface area (Å²) < 4.78 is 39.0. The normalized spacial score (nSPS) is 11.4. The van der Waals surface area contributed by atoms with Crippen LogP contribution in [0.3, 0.4) is 0 Å². The average molecular weight is 395 g/mol. The van der Waals surface area contributed by atoms with Gasteiger partial charge in [0.1, 0.15) is 5.75 Å². The number of nitrogens with zero attached hydrogens (tertiary/aromatic N) is 4. The van der Waals surface area contributed by atoms with Crippen molar-refractivity contribution >= 4 is 23.4 Å². The third-order valence-electron chi connectivity index (χ3n) is 3.36. The van der Waals surface area contributed by atoms with Crippen molar-refractivity contribution < 1.29 is 23.1 Å². The van der Waals surface area contributed by atoms with Gasteiger partial charge < -0.3 is 10.4 Å². The van der Waals surface area contributed by atoms with E-state index in [1.165, 1.54) is 28.9 Å². The van der Waals surface area contributed by atoms with Crippen molar-refractivity contribution in [2.75, 3.05) is 11.1 Å². The lowest BCUT2D eigenvalue weighted by Gasteiger charge is -2.09. The molecule has 140 valence electrons. The second kappa shape index (κ2) is 7.66. The van der Waals surface area contributed by atoms with Crippen LogP contribution in [0.5, 0.6) is 5.75 Å². The van der Waals surface area contributed by atoms with Crippen molar-refractivity contribution in [2.45, 2.75) is 11.3 Å². The highest BCUT2D eigenvalue weighted by molar-refractivity contribution is 7.99. The van der Waals surface area contributed by atoms with E-state index in [1.54, 1.807) is 12.1 Å². The van der Waals surface area contributed by atoms with Crippen molar-refractivity contribution in [3.8, 4) is 11.4 Å². The Morgan fingerprint density at radius 3 is 2.41 bits per heavy atom. The number of hydrogen-bond acceptors (Lipinski definition) is 6. The molecule has 1 aromatic heterocycles. The number of aromatic nitrogens is 4. The molecule has 2 N–H and O–H groups in total. The number of rotatable bonds is 5. The van der Waals surface area contributed by atoms with Gasteiger partial charge in [-0.2, -0.15) is 17.9 Å². The summed E-state index contributed by atoms with van der Waals surface area (Å²) in [6.45, 7) is 0. The third-order valence-corrected chi connectivity index (χ3v) is 4.28. The minimum absolute atomic E-state index is 0.0422. The minimum atomic E-state index is -4.43. The highest BCUT2D eigenvalue weighted by atomic mass is 32.2. The molecule has 0 spiro atoms. The number of amides is 1. The molecule has 0 radical (unpaired) electrons. The molecular formula is C16H12F3N5O2S. The molecule has 1 amide bonds. The largest absolute Gasteiger partial charge is 0.508 e. The van der Waals surface area contributed by atoms with E-state index in [4.69, 9.17) is 0 Å². The van der Waals surface area contributed by atoms with Crippen molar-refractivity contribution in [1.82, 2.24) is 20.2 Å². The van der Waals surface area contributed by atoms with E-state index in [9.17, 15) is 23.1 Å². The molecular weight excluding hydrogens is 383 g/mol. The fourth-order valence-corrected chi connectivity index (χ4v) is 2.79. The Balaban J connectivity index is 1.60. The van der Waals surface area contributed by atoms with E-state index < -0.39 is 17.6 Å². The van der Waals surface area contributed by atoms with Gasteiger partial charge in [-0.05, 0) is 59.0 Å². The maximum absolute atomic E-state index is 12.5. The molecule has 0 atom stereocenters. The third kappa shape index (κ3) is 4.76. The Bertz CT molecular complexity index is 926. The second-order valence-corrected chi connectivity index (χ2v) is 6.24. The van der Waals surface area contributed by atoms with Gasteiger partial charge in [0.05, 0.1) is 17.0 Å². The molecule has 1 heterocycles. The predicted octanol–water partition coefficient (Wildman–Crippen LogP) is 3.12. The van der Waals surface area contributed by atoms with Crippen molar-refractivity contribution in [3.63, 3.8) is 0 Å². The summed E-state index contributed by atoms with van der Waals surface area (Å²) in [5.41, 5.74) is 0.0677. The van der Waals surface area contributed by atoms with Crippen LogP contribution in [-0.2, 0) is 11.0 Å². The number of benzene rings is 2. The van der Waals surface area contributed by atoms with Crippen LogP contribution in [0.15, 0.2) is 53.7 Å². The van der Waals surface area contributed by atoms with Crippen LogP contribution < -0.4 is 5.32 Å². The summed E-state index contributed by atoms with van der Waals surface area (Å²) in [5.74, 6) is -0.364. The van der Waals surface area contributed by atoms with Gasteiger partial charge in [-0.3, -0.25) is 4.79 Å². The van der Waals surface area contributed by atoms with Crippen molar-refractivity contribution in [3.05, 3.63) is 54.1 Å². The Hall–Kier alpha value is -3.08. The average Bonchev–Trinajstić information content (AvgIpc) is 3.09. The van der Waals surface area contributed by atoms with Crippen LogP contribution in [0.1, 0.15) is 5.56 Å². The number of phenols is 1. The summed E-state index contributed by atoms with van der Waals surface area (Å²) in [4.78, 5) is 12.0. The standard InChI is InChI=1S/C16H12F3N5O2S/c17-16(18,19)10-1-3-11(4-2-10)20-14(26)9-27-15-21-22-23-24(15)12-5-7-13(25)8-6-12/h1-8,25H,9H2,(H,20,26). The molecule has 7 nitrogen and oxygen atoms in total. The highest BCUT2D eigenvalue weighted by Gasteiger charge is 2.30. The van der Waals surface area contributed by atoms with Gasteiger partial charge in [0.2, 0.25) is 11.1 Å². The molecule has 0 saturated carbocycles. The van der Waals surface area contributed by atoms with Gasteiger partial charge in [0.15, 0.2) is 0 Å². The van der Waals surface area contributed by atoms with Gasteiger partial charge in [-0.25, -0.2) is 0 Å². The Kier molecular flexibility index (Phi) is 5.31. The van der Waals surface area contributed by atoms with Crippen LogP contribution >= 0.6 is 11.8 Å². The van der Waals surface area contributed by atoms with E-state index in [0.717, 1.165) is 23.9 Å². The first kappa shape index (κ1) is 18.7. The molecule has 0 unspecified atom stereocenters. The lowest BCUT2D eigenvalue weighted by molar-refractivity contribution is -0.137. The molecule has 27 heavy (non-hydrogen) atoms. The summed E-state index contributed by atoms with van der Waals surface area (Å²) >= 11 is 1.06. The summed E-state index contributed by atoms with van der Waals surface area (Å²) in [6, 6.07) is 10.3. The molecule has 0 saturated heterocycles. The van der Waals surface area contributed by atoms with Crippen molar-refractivity contribution in [1.29, 1.82) is 0 Å². The Labute approximate surface area is 155 Å². The zero-order valence-electron chi connectivity index (χ0n) is 13.5. The zero-order chi connectivity index (χ0) is 19.4. The molecule has 3 aromatic rings. The molecule has 11 heteroatoms. The van der Waals surface area contributed by atoms with Gasteiger partial charge in [-0.1, -0.05) is 11.8 Å². The van der Waals surface area contributed by atoms with Gasteiger partial charge in [0, 0.05) is 5.69 Å². The van der Waals surface area contributed by atoms with E-state index in [2.05, 4.69) is 20.8 Å². The number of halogens is 3. The predicted molar refractivity (Wildman–Crippen MR) is 91.6 cm³/mol. The van der Waals surface area contributed by atoms with Crippen LogP contribution in [0.2, 0.25) is 0 Å². The molecule has 0 aliphatic rings. The van der Waals surface area contributed by atoms with E-state index in [-0.39, 0.29) is 17.2 Å². The first-order chi connectivity index (χ1) is 12.8. The van der Waals surface area contributed by atoms with E-state index in [1.807, 2.05) is 0 Å². The smallest absolute Gasteiger partial charge is 0.416 e.